The summed E-state index contributed by atoms with van der Waals surface area (Å²) >= 11 is 0. The molecule has 3 unspecified atom stereocenters. The van der Waals surface area contributed by atoms with Crippen molar-refractivity contribution in [2.24, 2.45) is 17.8 Å². The highest BCUT2D eigenvalue weighted by Gasteiger charge is 2.37. The Labute approximate surface area is 83.8 Å². The quantitative estimate of drug-likeness (QED) is 0.543. The second kappa shape index (κ2) is 4.13. The molecule has 3 nitrogen and oxygen atoms in total. The Balaban J connectivity index is 1.92. The zero-order chi connectivity index (χ0) is 9.97. The summed E-state index contributed by atoms with van der Waals surface area (Å²) in [5, 5.41) is 8.55. The molecular weight excluding hydrogens is 180 g/mol. The fourth-order valence-electron chi connectivity index (χ4n) is 2.46. The maximum absolute atomic E-state index is 11.6. The highest BCUT2D eigenvalue weighted by Crippen LogP contribution is 2.40. The van der Waals surface area contributed by atoms with Crippen LogP contribution in [0, 0.1) is 17.8 Å². The van der Waals surface area contributed by atoms with Crippen molar-refractivity contribution in [3.63, 3.8) is 0 Å². The summed E-state index contributed by atoms with van der Waals surface area (Å²) in [6.45, 7) is 0.0544. The molecule has 0 amide bonds. The van der Waals surface area contributed by atoms with Gasteiger partial charge < -0.3 is 9.84 Å². The number of rotatable bonds is 3. The van der Waals surface area contributed by atoms with Gasteiger partial charge in [-0.1, -0.05) is 12.2 Å². The van der Waals surface area contributed by atoms with Crippen molar-refractivity contribution in [1.82, 2.24) is 0 Å². The molecule has 0 radical (unpaired) electrons. The molecule has 3 heteroatoms. The Morgan fingerprint density at radius 1 is 1.43 bits per heavy atom. The van der Waals surface area contributed by atoms with E-state index in [1.807, 2.05) is 0 Å². The summed E-state index contributed by atoms with van der Waals surface area (Å²) in [4.78, 5) is 11.6. The molecule has 0 aromatic heterocycles. The highest BCUT2D eigenvalue weighted by molar-refractivity contribution is 5.73. The molecule has 3 rings (SSSR count). The predicted molar refractivity (Wildman–Crippen MR) is 51.5 cm³/mol. The second-order valence-electron chi connectivity index (χ2n) is 4.12. The standard InChI is InChI=1S/C11H16O3/c12-5-6-14-11(13)10-7-8-1-3-9(10)4-2-8/h1,3,8-10,12H,2,4-7H2. The van der Waals surface area contributed by atoms with E-state index in [2.05, 4.69) is 12.2 Å². The van der Waals surface area contributed by atoms with Crippen molar-refractivity contribution >= 4 is 5.97 Å². The molecular formula is C11H16O3. The molecule has 0 heterocycles. The van der Waals surface area contributed by atoms with Gasteiger partial charge in [0.1, 0.15) is 6.61 Å². The molecule has 0 aromatic carbocycles. The summed E-state index contributed by atoms with van der Waals surface area (Å²) in [7, 11) is 0. The van der Waals surface area contributed by atoms with Crippen LogP contribution in [0.1, 0.15) is 19.3 Å². The van der Waals surface area contributed by atoms with Gasteiger partial charge in [0.25, 0.3) is 0 Å². The zero-order valence-corrected chi connectivity index (χ0v) is 8.19. The van der Waals surface area contributed by atoms with Gasteiger partial charge in [-0.15, -0.1) is 0 Å². The van der Waals surface area contributed by atoms with Crippen LogP contribution >= 0.6 is 0 Å². The van der Waals surface area contributed by atoms with Crippen LogP contribution < -0.4 is 0 Å². The third-order valence-electron chi connectivity index (χ3n) is 3.21. The normalized spacial score (nSPS) is 34.5. The van der Waals surface area contributed by atoms with Crippen molar-refractivity contribution in [3.8, 4) is 0 Å². The van der Waals surface area contributed by atoms with Crippen LogP contribution in [-0.2, 0) is 9.53 Å². The van der Waals surface area contributed by atoms with E-state index in [1.165, 1.54) is 6.42 Å². The Morgan fingerprint density at radius 2 is 2.29 bits per heavy atom. The number of hydrogen-bond acceptors (Lipinski definition) is 3. The maximum Gasteiger partial charge on any atom is 0.309 e. The first kappa shape index (κ1) is 9.71. The molecule has 1 fully saturated rings. The first-order valence-electron chi connectivity index (χ1n) is 5.27. The SMILES string of the molecule is O=C(OCCO)C1CC2C=CC1CC2. The lowest BCUT2D eigenvalue weighted by Gasteiger charge is -2.36. The van der Waals surface area contributed by atoms with Crippen LogP contribution in [0.4, 0.5) is 0 Å². The minimum atomic E-state index is -0.127. The van der Waals surface area contributed by atoms with Crippen LogP contribution in [-0.4, -0.2) is 24.3 Å². The Kier molecular flexibility index (Phi) is 2.87. The van der Waals surface area contributed by atoms with Gasteiger partial charge in [0, 0.05) is 0 Å². The van der Waals surface area contributed by atoms with Crippen LogP contribution in [0.3, 0.4) is 0 Å². The maximum atomic E-state index is 11.6. The molecule has 1 N–H and O–H groups in total. The lowest BCUT2D eigenvalue weighted by molar-refractivity contribution is -0.152. The third-order valence-corrected chi connectivity index (χ3v) is 3.21. The van der Waals surface area contributed by atoms with Gasteiger partial charge in [-0.25, -0.2) is 0 Å². The summed E-state index contributed by atoms with van der Waals surface area (Å²) in [6, 6.07) is 0. The third kappa shape index (κ3) is 1.82. The molecule has 0 aromatic rings. The van der Waals surface area contributed by atoms with Crippen molar-refractivity contribution in [1.29, 1.82) is 0 Å². The molecule has 3 aliphatic carbocycles. The van der Waals surface area contributed by atoms with E-state index >= 15 is 0 Å². The highest BCUT2D eigenvalue weighted by atomic mass is 16.5. The monoisotopic (exact) mass is 196 g/mol. The second-order valence-corrected chi connectivity index (χ2v) is 4.12. The molecule has 1 saturated carbocycles. The number of fused-ring (bicyclic) bond motifs is 2. The summed E-state index contributed by atoms with van der Waals surface area (Å²) in [5.74, 6) is 0.876. The molecule has 2 bridgehead atoms. The molecule has 14 heavy (non-hydrogen) atoms. The Hall–Kier alpha value is -0.830. The van der Waals surface area contributed by atoms with Gasteiger partial charge in [-0.05, 0) is 31.1 Å². The van der Waals surface area contributed by atoms with Crippen LogP contribution in [0.15, 0.2) is 12.2 Å². The smallest absolute Gasteiger partial charge is 0.309 e. The number of allylic oxidation sites excluding steroid dienone is 2. The number of hydrogen-bond donors (Lipinski definition) is 1. The zero-order valence-electron chi connectivity index (χ0n) is 8.19. The van der Waals surface area contributed by atoms with Crippen molar-refractivity contribution in [2.75, 3.05) is 13.2 Å². The molecule has 0 saturated heterocycles. The number of aliphatic hydroxyl groups excluding tert-OH is 1. The fourth-order valence-corrected chi connectivity index (χ4v) is 2.46. The van der Waals surface area contributed by atoms with Crippen molar-refractivity contribution in [2.45, 2.75) is 19.3 Å². The lowest BCUT2D eigenvalue weighted by Crippen LogP contribution is -2.34. The van der Waals surface area contributed by atoms with E-state index in [1.54, 1.807) is 0 Å². The number of carbonyl (C=O) groups is 1. The number of esters is 1. The Bertz CT molecular complexity index is 247. The molecule has 0 spiro atoms. The van der Waals surface area contributed by atoms with E-state index < -0.39 is 0 Å². The van der Waals surface area contributed by atoms with E-state index in [4.69, 9.17) is 9.84 Å². The van der Waals surface area contributed by atoms with E-state index in [0.29, 0.717) is 11.8 Å². The molecule has 3 aliphatic rings. The number of ether oxygens (including phenoxy) is 1. The van der Waals surface area contributed by atoms with Gasteiger partial charge in [0.15, 0.2) is 0 Å². The molecule has 0 aliphatic heterocycles. The van der Waals surface area contributed by atoms with E-state index in [0.717, 1.165) is 12.8 Å². The summed E-state index contributed by atoms with van der Waals surface area (Å²) < 4.78 is 4.96. The predicted octanol–water partition coefficient (Wildman–Crippen LogP) is 1.12. The number of aliphatic hydroxyl groups is 1. The van der Waals surface area contributed by atoms with Gasteiger partial charge in [0.05, 0.1) is 12.5 Å². The molecule has 3 atom stereocenters. The van der Waals surface area contributed by atoms with Crippen molar-refractivity contribution in [3.05, 3.63) is 12.2 Å². The minimum Gasteiger partial charge on any atom is -0.463 e. The first-order chi connectivity index (χ1) is 6.81. The largest absolute Gasteiger partial charge is 0.463 e. The number of carbonyl (C=O) groups excluding carboxylic acids is 1. The summed E-state index contributed by atoms with van der Waals surface area (Å²) in [5.41, 5.74) is 0. The van der Waals surface area contributed by atoms with Gasteiger partial charge in [0.2, 0.25) is 0 Å². The Morgan fingerprint density at radius 3 is 2.79 bits per heavy atom. The van der Waals surface area contributed by atoms with E-state index in [-0.39, 0.29) is 25.1 Å². The van der Waals surface area contributed by atoms with Crippen LogP contribution in [0.2, 0.25) is 0 Å². The summed E-state index contributed by atoms with van der Waals surface area (Å²) in [6.07, 6.45) is 7.64. The lowest BCUT2D eigenvalue weighted by atomic mass is 9.69. The topological polar surface area (TPSA) is 46.5 Å². The van der Waals surface area contributed by atoms with Gasteiger partial charge in [-0.3, -0.25) is 4.79 Å². The first-order valence-corrected chi connectivity index (χ1v) is 5.27. The molecule has 78 valence electrons. The van der Waals surface area contributed by atoms with Gasteiger partial charge in [-0.2, -0.15) is 0 Å². The average Bonchev–Trinajstić information content (AvgIpc) is 2.27. The van der Waals surface area contributed by atoms with Crippen LogP contribution in [0.25, 0.3) is 0 Å². The average molecular weight is 196 g/mol. The fraction of sp³-hybridized carbons (Fsp3) is 0.727. The van der Waals surface area contributed by atoms with Crippen LogP contribution in [0.5, 0.6) is 0 Å². The minimum absolute atomic E-state index is 0.0466. The van der Waals surface area contributed by atoms with Crippen molar-refractivity contribution < 1.29 is 14.6 Å². The van der Waals surface area contributed by atoms with Gasteiger partial charge >= 0.3 is 5.97 Å². The van der Waals surface area contributed by atoms with E-state index in [9.17, 15) is 4.79 Å².